The van der Waals surface area contributed by atoms with Crippen molar-refractivity contribution in [1.29, 1.82) is 0 Å². The molecule has 0 radical (unpaired) electrons. The SMILES string of the molecule is CCCC(N)C(=O)NCCNC(=O)c1ccc(F)cc1. The summed E-state index contributed by atoms with van der Waals surface area (Å²) in [6.07, 6.45) is 1.48. The number of rotatable bonds is 7. The zero-order valence-corrected chi connectivity index (χ0v) is 11.5. The van der Waals surface area contributed by atoms with Crippen LogP contribution >= 0.6 is 0 Å². The van der Waals surface area contributed by atoms with Gasteiger partial charge in [0.15, 0.2) is 0 Å². The van der Waals surface area contributed by atoms with E-state index in [1.54, 1.807) is 0 Å². The quantitative estimate of drug-likeness (QED) is 0.646. The lowest BCUT2D eigenvalue weighted by Gasteiger charge is -2.11. The topological polar surface area (TPSA) is 84.2 Å². The number of carbonyl (C=O) groups excluding carboxylic acids is 2. The van der Waals surface area contributed by atoms with Gasteiger partial charge in [-0.3, -0.25) is 9.59 Å². The van der Waals surface area contributed by atoms with Gasteiger partial charge in [0.1, 0.15) is 5.82 Å². The molecule has 0 aliphatic heterocycles. The summed E-state index contributed by atoms with van der Waals surface area (Å²) in [6.45, 7) is 2.56. The van der Waals surface area contributed by atoms with Gasteiger partial charge in [-0.15, -0.1) is 0 Å². The molecule has 4 N–H and O–H groups in total. The molecule has 0 bridgehead atoms. The Kier molecular flexibility index (Phi) is 6.66. The van der Waals surface area contributed by atoms with Crippen LogP contribution in [0.2, 0.25) is 0 Å². The van der Waals surface area contributed by atoms with Crippen LogP contribution in [0.5, 0.6) is 0 Å². The van der Waals surface area contributed by atoms with Crippen molar-refractivity contribution in [2.24, 2.45) is 5.73 Å². The van der Waals surface area contributed by atoms with Gasteiger partial charge in [-0.1, -0.05) is 13.3 Å². The number of nitrogens with one attached hydrogen (secondary N) is 2. The number of hydrogen-bond donors (Lipinski definition) is 3. The van der Waals surface area contributed by atoms with Crippen molar-refractivity contribution in [2.45, 2.75) is 25.8 Å². The van der Waals surface area contributed by atoms with Gasteiger partial charge in [-0.25, -0.2) is 4.39 Å². The highest BCUT2D eigenvalue weighted by atomic mass is 19.1. The van der Waals surface area contributed by atoms with Crippen LogP contribution in [0.4, 0.5) is 4.39 Å². The summed E-state index contributed by atoms with van der Waals surface area (Å²) in [6, 6.07) is 4.75. The van der Waals surface area contributed by atoms with Crippen LogP contribution in [0.15, 0.2) is 24.3 Å². The second kappa shape index (κ2) is 8.27. The van der Waals surface area contributed by atoms with Crippen molar-refractivity contribution >= 4 is 11.8 Å². The minimum atomic E-state index is -0.507. The highest BCUT2D eigenvalue weighted by Crippen LogP contribution is 2.01. The highest BCUT2D eigenvalue weighted by Gasteiger charge is 2.11. The van der Waals surface area contributed by atoms with Crippen molar-refractivity contribution in [2.75, 3.05) is 13.1 Å². The predicted octanol–water partition coefficient (Wildman–Crippen LogP) is 0.799. The van der Waals surface area contributed by atoms with E-state index in [-0.39, 0.29) is 11.8 Å². The maximum Gasteiger partial charge on any atom is 0.251 e. The highest BCUT2D eigenvalue weighted by molar-refractivity contribution is 5.94. The van der Waals surface area contributed by atoms with E-state index in [2.05, 4.69) is 10.6 Å². The van der Waals surface area contributed by atoms with Crippen LogP contribution in [-0.2, 0) is 4.79 Å². The summed E-state index contributed by atoms with van der Waals surface area (Å²) in [5.41, 5.74) is 6.02. The third-order valence-electron chi connectivity index (χ3n) is 2.75. The zero-order valence-electron chi connectivity index (χ0n) is 11.5. The van der Waals surface area contributed by atoms with E-state index in [9.17, 15) is 14.0 Å². The maximum atomic E-state index is 12.7. The first-order chi connectivity index (χ1) is 9.54. The van der Waals surface area contributed by atoms with Crippen LogP contribution in [-0.4, -0.2) is 30.9 Å². The summed E-state index contributed by atoms with van der Waals surface area (Å²) in [4.78, 5) is 23.2. The van der Waals surface area contributed by atoms with Crippen LogP contribution in [0.3, 0.4) is 0 Å². The van der Waals surface area contributed by atoms with E-state index in [0.717, 1.165) is 6.42 Å². The summed E-state index contributed by atoms with van der Waals surface area (Å²) in [5, 5.41) is 5.27. The average Bonchev–Trinajstić information content (AvgIpc) is 2.44. The second-order valence-corrected chi connectivity index (χ2v) is 4.45. The molecule has 1 atom stereocenters. The Morgan fingerprint density at radius 2 is 1.80 bits per heavy atom. The number of carbonyl (C=O) groups is 2. The molecule has 110 valence electrons. The van der Waals surface area contributed by atoms with Gasteiger partial charge in [0.2, 0.25) is 5.91 Å². The summed E-state index contributed by atoms with van der Waals surface area (Å²) in [5.74, 6) is -0.918. The third-order valence-corrected chi connectivity index (χ3v) is 2.75. The van der Waals surface area contributed by atoms with Crippen LogP contribution in [0, 0.1) is 5.82 Å². The molecule has 2 amide bonds. The third kappa shape index (κ3) is 5.36. The molecular formula is C14H20FN3O2. The fraction of sp³-hybridized carbons (Fsp3) is 0.429. The average molecular weight is 281 g/mol. The molecule has 0 saturated heterocycles. The lowest BCUT2D eigenvalue weighted by atomic mass is 10.2. The molecule has 0 aromatic heterocycles. The minimum absolute atomic E-state index is 0.220. The van der Waals surface area contributed by atoms with Crippen LogP contribution in [0.25, 0.3) is 0 Å². The van der Waals surface area contributed by atoms with Gasteiger partial charge in [0, 0.05) is 18.7 Å². The first kappa shape index (κ1) is 16.1. The van der Waals surface area contributed by atoms with Crippen molar-refractivity contribution < 1.29 is 14.0 Å². The Labute approximate surface area is 117 Å². The van der Waals surface area contributed by atoms with Crippen molar-refractivity contribution in [1.82, 2.24) is 10.6 Å². The fourth-order valence-electron chi connectivity index (χ4n) is 1.64. The smallest absolute Gasteiger partial charge is 0.251 e. The number of benzene rings is 1. The molecule has 5 nitrogen and oxygen atoms in total. The van der Waals surface area contributed by atoms with Crippen molar-refractivity contribution in [3.8, 4) is 0 Å². The fourth-order valence-corrected chi connectivity index (χ4v) is 1.64. The summed E-state index contributed by atoms with van der Waals surface area (Å²) < 4.78 is 12.7. The molecule has 0 spiro atoms. The molecule has 20 heavy (non-hydrogen) atoms. The molecule has 1 aromatic carbocycles. The van der Waals surface area contributed by atoms with Crippen molar-refractivity contribution in [3.05, 3.63) is 35.6 Å². The summed E-state index contributed by atoms with van der Waals surface area (Å²) >= 11 is 0. The number of halogens is 1. The number of hydrogen-bond acceptors (Lipinski definition) is 3. The lowest BCUT2D eigenvalue weighted by molar-refractivity contribution is -0.122. The monoisotopic (exact) mass is 281 g/mol. The van der Waals surface area contributed by atoms with Crippen LogP contribution in [0.1, 0.15) is 30.1 Å². The van der Waals surface area contributed by atoms with Gasteiger partial charge < -0.3 is 16.4 Å². The zero-order chi connectivity index (χ0) is 15.0. The Balaban J connectivity index is 2.25. The molecule has 0 aliphatic carbocycles. The van der Waals surface area contributed by atoms with Gasteiger partial charge in [-0.05, 0) is 30.7 Å². The maximum absolute atomic E-state index is 12.7. The first-order valence-corrected chi connectivity index (χ1v) is 6.61. The van der Waals surface area contributed by atoms with E-state index >= 15 is 0 Å². The molecule has 1 unspecified atom stereocenters. The Bertz CT molecular complexity index is 448. The standard InChI is InChI=1S/C14H20FN3O2/c1-2-3-12(16)14(20)18-9-8-17-13(19)10-4-6-11(15)7-5-10/h4-7,12H,2-3,8-9,16H2,1H3,(H,17,19)(H,18,20). The molecule has 0 aliphatic rings. The molecular weight excluding hydrogens is 261 g/mol. The summed E-state index contributed by atoms with van der Waals surface area (Å²) in [7, 11) is 0. The second-order valence-electron chi connectivity index (χ2n) is 4.45. The predicted molar refractivity (Wildman–Crippen MR) is 74.6 cm³/mol. The lowest BCUT2D eigenvalue weighted by Crippen LogP contribution is -2.43. The molecule has 0 saturated carbocycles. The first-order valence-electron chi connectivity index (χ1n) is 6.61. The largest absolute Gasteiger partial charge is 0.353 e. The van der Waals surface area contributed by atoms with E-state index in [0.29, 0.717) is 25.1 Å². The molecule has 0 fully saturated rings. The Morgan fingerprint density at radius 3 is 2.40 bits per heavy atom. The van der Waals surface area contributed by atoms with Gasteiger partial charge in [-0.2, -0.15) is 0 Å². The van der Waals surface area contributed by atoms with Gasteiger partial charge in [0.05, 0.1) is 6.04 Å². The number of amides is 2. The molecule has 1 aromatic rings. The van der Waals surface area contributed by atoms with E-state index in [1.165, 1.54) is 24.3 Å². The van der Waals surface area contributed by atoms with E-state index in [1.807, 2.05) is 6.92 Å². The Hall–Kier alpha value is -1.95. The molecule has 0 heterocycles. The normalized spacial score (nSPS) is 11.8. The van der Waals surface area contributed by atoms with Crippen LogP contribution < -0.4 is 16.4 Å². The minimum Gasteiger partial charge on any atom is -0.353 e. The van der Waals surface area contributed by atoms with Gasteiger partial charge >= 0.3 is 0 Å². The molecule has 6 heteroatoms. The van der Waals surface area contributed by atoms with Crippen molar-refractivity contribution in [3.63, 3.8) is 0 Å². The number of nitrogens with two attached hydrogens (primary N) is 1. The molecule has 1 rings (SSSR count). The van der Waals surface area contributed by atoms with E-state index in [4.69, 9.17) is 5.73 Å². The van der Waals surface area contributed by atoms with Gasteiger partial charge in [0.25, 0.3) is 5.91 Å². The van der Waals surface area contributed by atoms with E-state index < -0.39 is 11.9 Å². The Morgan fingerprint density at radius 1 is 1.20 bits per heavy atom.